The molecule has 0 saturated heterocycles. The molecule has 0 saturated carbocycles. The normalized spacial score (nSPS) is 10.1. The van der Waals surface area contributed by atoms with Crippen LogP contribution in [-0.4, -0.2) is 22.0 Å². The maximum Gasteiger partial charge on any atom is 0.284 e. The second-order valence-electron chi connectivity index (χ2n) is 3.08. The molecule has 0 atom stereocenters. The zero-order valence-corrected chi connectivity index (χ0v) is 8.51. The fourth-order valence-corrected chi connectivity index (χ4v) is 1.40. The smallest absolute Gasteiger partial charge is 0.284 e. The van der Waals surface area contributed by atoms with Crippen molar-refractivity contribution in [2.75, 3.05) is 7.11 Å². The predicted molar refractivity (Wildman–Crippen MR) is 57.2 cm³/mol. The van der Waals surface area contributed by atoms with E-state index in [2.05, 4.69) is 9.97 Å². The molecule has 0 radical (unpaired) electrons. The summed E-state index contributed by atoms with van der Waals surface area (Å²) in [6.07, 6.45) is 3.16. The van der Waals surface area contributed by atoms with Gasteiger partial charge in [-0.1, -0.05) is 0 Å². The van der Waals surface area contributed by atoms with Crippen molar-refractivity contribution in [3.8, 4) is 17.1 Å². The largest absolute Gasteiger partial charge is 0.497 e. The van der Waals surface area contributed by atoms with Gasteiger partial charge in [0, 0.05) is 12.4 Å². The Morgan fingerprint density at radius 1 is 1.50 bits per heavy atom. The summed E-state index contributed by atoms with van der Waals surface area (Å²) < 4.78 is 4.94. The van der Waals surface area contributed by atoms with Crippen LogP contribution in [0.1, 0.15) is 0 Å². The Labute approximate surface area is 91.0 Å². The van der Waals surface area contributed by atoms with E-state index in [9.17, 15) is 10.1 Å². The van der Waals surface area contributed by atoms with Crippen LogP contribution in [-0.2, 0) is 0 Å². The van der Waals surface area contributed by atoms with E-state index in [1.54, 1.807) is 24.5 Å². The first kappa shape index (κ1) is 10.2. The molecule has 0 aliphatic rings. The SMILES string of the molecule is COc1ccc(-c2ncc[nH]2)c([N+](=O)[O-])c1. The van der Waals surface area contributed by atoms with Crippen LogP contribution in [0.15, 0.2) is 30.6 Å². The molecule has 1 aromatic heterocycles. The first-order valence-electron chi connectivity index (χ1n) is 4.54. The summed E-state index contributed by atoms with van der Waals surface area (Å²) in [5.41, 5.74) is 0.408. The van der Waals surface area contributed by atoms with Crippen LogP contribution in [0.3, 0.4) is 0 Å². The first-order chi connectivity index (χ1) is 7.72. The van der Waals surface area contributed by atoms with E-state index in [4.69, 9.17) is 4.74 Å². The number of hydrogen-bond acceptors (Lipinski definition) is 4. The number of nitro groups is 1. The van der Waals surface area contributed by atoms with E-state index in [1.165, 1.54) is 13.2 Å². The van der Waals surface area contributed by atoms with Gasteiger partial charge in [0.2, 0.25) is 0 Å². The number of ether oxygens (including phenoxy) is 1. The molecule has 2 aromatic rings. The van der Waals surface area contributed by atoms with E-state index in [0.29, 0.717) is 17.1 Å². The molecule has 0 fully saturated rings. The lowest BCUT2D eigenvalue weighted by Gasteiger charge is -2.02. The molecule has 1 N–H and O–H groups in total. The zero-order chi connectivity index (χ0) is 11.5. The lowest BCUT2D eigenvalue weighted by atomic mass is 10.1. The van der Waals surface area contributed by atoms with E-state index < -0.39 is 4.92 Å². The summed E-state index contributed by atoms with van der Waals surface area (Å²) in [4.78, 5) is 17.2. The molecule has 2 rings (SSSR count). The third-order valence-corrected chi connectivity index (χ3v) is 2.15. The molecule has 1 heterocycles. The van der Waals surface area contributed by atoms with Crippen molar-refractivity contribution in [2.24, 2.45) is 0 Å². The second kappa shape index (κ2) is 4.01. The van der Waals surface area contributed by atoms with E-state index in [0.717, 1.165) is 0 Å². The van der Waals surface area contributed by atoms with Crippen molar-refractivity contribution in [3.05, 3.63) is 40.7 Å². The van der Waals surface area contributed by atoms with E-state index >= 15 is 0 Å². The summed E-state index contributed by atoms with van der Waals surface area (Å²) in [7, 11) is 1.46. The molecule has 0 unspecified atom stereocenters. The molecule has 0 bridgehead atoms. The van der Waals surface area contributed by atoms with E-state index in [1.807, 2.05) is 0 Å². The monoisotopic (exact) mass is 219 g/mol. The van der Waals surface area contributed by atoms with Crippen LogP contribution in [0.25, 0.3) is 11.4 Å². The molecule has 0 aliphatic carbocycles. The van der Waals surface area contributed by atoms with Gasteiger partial charge in [-0.25, -0.2) is 4.98 Å². The molecule has 6 heteroatoms. The van der Waals surface area contributed by atoms with Gasteiger partial charge in [0.25, 0.3) is 5.69 Å². The molecule has 16 heavy (non-hydrogen) atoms. The Balaban J connectivity index is 2.57. The molecule has 0 amide bonds. The third kappa shape index (κ3) is 1.72. The lowest BCUT2D eigenvalue weighted by molar-refractivity contribution is -0.384. The van der Waals surface area contributed by atoms with Crippen molar-refractivity contribution in [1.82, 2.24) is 9.97 Å². The fraction of sp³-hybridized carbons (Fsp3) is 0.100. The van der Waals surface area contributed by atoms with E-state index in [-0.39, 0.29) is 5.69 Å². The van der Waals surface area contributed by atoms with Crippen molar-refractivity contribution < 1.29 is 9.66 Å². The van der Waals surface area contributed by atoms with Crippen LogP contribution in [0.2, 0.25) is 0 Å². The maximum absolute atomic E-state index is 10.9. The predicted octanol–water partition coefficient (Wildman–Crippen LogP) is 1.99. The number of hydrogen-bond donors (Lipinski definition) is 1. The summed E-state index contributed by atoms with van der Waals surface area (Å²) in [6, 6.07) is 4.64. The number of H-pyrrole nitrogens is 1. The van der Waals surface area contributed by atoms with Crippen LogP contribution in [0.4, 0.5) is 5.69 Å². The summed E-state index contributed by atoms with van der Waals surface area (Å²) in [5.74, 6) is 0.913. The van der Waals surface area contributed by atoms with Gasteiger partial charge in [-0.2, -0.15) is 0 Å². The van der Waals surface area contributed by atoms with Gasteiger partial charge < -0.3 is 9.72 Å². The highest BCUT2D eigenvalue weighted by Gasteiger charge is 2.17. The minimum absolute atomic E-state index is 0.0331. The van der Waals surface area contributed by atoms with Crippen LogP contribution < -0.4 is 4.74 Å². The van der Waals surface area contributed by atoms with Gasteiger partial charge in [0.05, 0.1) is 23.7 Å². The summed E-state index contributed by atoms with van der Waals surface area (Å²) >= 11 is 0. The van der Waals surface area contributed by atoms with Gasteiger partial charge in [-0.15, -0.1) is 0 Å². The lowest BCUT2D eigenvalue weighted by Crippen LogP contribution is -1.94. The van der Waals surface area contributed by atoms with Crippen molar-refractivity contribution in [1.29, 1.82) is 0 Å². The number of methoxy groups -OCH3 is 1. The number of nitro benzene ring substituents is 1. The highest BCUT2D eigenvalue weighted by atomic mass is 16.6. The van der Waals surface area contributed by atoms with Crippen LogP contribution >= 0.6 is 0 Å². The topological polar surface area (TPSA) is 81.0 Å². The molecule has 0 spiro atoms. The average molecular weight is 219 g/mol. The standard InChI is InChI=1S/C10H9N3O3/c1-16-7-2-3-8(9(6-7)13(14)15)10-11-4-5-12-10/h2-6H,1H3,(H,11,12). The molecule has 1 aromatic carbocycles. The molecular formula is C10H9N3O3. The average Bonchev–Trinajstić information content (AvgIpc) is 2.81. The Morgan fingerprint density at radius 2 is 2.31 bits per heavy atom. The van der Waals surface area contributed by atoms with Gasteiger partial charge in [0.15, 0.2) is 0 Å². The molecule has 6 nitrogen and oxygen atoms in total. The van der Waals surface area contributed by atoms with Gasteiger partial charge in [-0.3, -0.25) is 10.1 Å². The number of nitrogens with zero attached hydrogens (tertiary/aromatic N) is 2. The number of imidazole rings is 1. The molecule has 0 aliphatic heterocycles. The Bertz CT molecular complexity index is 508. The van der Waals surface area contributed by atoms with Gasteiger partial charge in [-0.05, 0) is 12.1 Å². The molecular weight excluding hydrogens is 210 g/mol. The van der Waals surface area contributed by atoms with Gasteiger partial charge >= 0.3 is 0 Å². The zero-order valence-electron chi connectivity index (χ0n) is 8.51. The van der Waals surface area contributed by atoms with Crippen molar-refractivity contribution >= 4 is 5.69 Å². The third-order valence-electron chi connectivity index (χ3n) is 2.15. The Hall–Kier alpha value is -2.37. The number of benzene rings is 1. The number of nitrogens with one attached hydrogen (secondary N) is 1. The highest BCUT2D eigenvalue weighted by Crippen LogP contribution is 2.30. The van der Waals surface area contributed by atoms with Crippen LogP contribution in [0.5, 0.6) is 5.75 Å². The summed E-state index contributed by atoms with van der Waals surface area (Å²) in [5, 5.41) is 10.9. The molecule has 82 valence electrons. The number of aromatic amines is 1. The van der Waals surface area contributed by atoms with Crippen LogP contribution in [0, 0.1) is 10.1 Å². The second-order valence-corrected chi connectivity index (χ2v) is 3.08. The number of aromatic nitrogens is 2. The van der Waals surface area contributed by atoms with Crippen molar-refractivity contribution in [2.45, 2.75) is 0 Å². The Morgan fingerprint density at radius 3 is 2.88 bits per heavy atom. The quantitative estimate of drug-likeness (QED) is 0.632. The minimum Gasteiger partial charge on any atom is -0.497 e. The Kier molecular flexibility index (Phi) is 2.55. The van der Waals surface area contributed by atoms with Crippen molar-refractivity contribution in [3.63, 3.8) is 0 Å². The maximum atomic E-state index is 10.9. The highest BCUT2D eigenvalue weighted by molar-refractivity contribution is 5.69. The van der Waals surface area contributed by atoms with Gasteiger partial charge in [0.1, 0.15) is 11.6 Å². The summed E-state index contributed by atoms with van der Waals surface area (Å²) in [6.45, 7) is 0. The minimum atomic E-state index is -0.458. The fourth-order valence-electron chi connectivity index (χ4n) is 1.40. The number of rotatable bonds is 3. The first-order valence-corrected chi connectivity index (χ1v) is 4.54.